The number of allylic oxidation sites excluding steroid dienone is 1. The van der Waals surface area contributed by atoms with E-state index in [0.29, 0.717) is 36.4 Å². The molecule has 0 aliphatic carbocycles. The lowest BCUT2D eigenvalue weighted by Crippen LogP contribution is -2.41. The zero-order valence-electron chi connectivity index (χ0n) is 28.3. The maximum Gasteiger partial charge on any atom is 0.326 e. The average Bonchev–Trinajstić information content (AvgIpc) is 3.41. The minimum Gasteiger partial charge on any atom is -0.480 e. The molecule has 0 saturated carbocycles. The van der Waals surface area contributed by atoms with Crippen LogP contribution in [0, 0.1) is 12.8 Å². The summed E-state index contributed by atoms with van der Waals surface area (Å²) in [5, 5.41) is 12.4. The van der Waals surface area contributed by atoms with Crippen LogP contribution in [0.1, 0.15) is 80.3 Å². The van der Waals surface area contributed by atoms with E-state index < -0.39 is 12.0 Å². The molecule has 1 fully saturated rings. The van der Waals surface area contributed by atoms with Gasteiger partial charge in [-0.05, 0) is 91.3 Å². The van der Waals surface area contributed by atoms with E-state index in [1.165, 1.54) is 12.8 Å². The van der Waals surface area contributed by atoms with E-state index in [0.717, 1.165) is 67.0 Å². The first-order valence-corrected chi connectivity index (χ1v) is 17.7. The van der Waals surface area contributed by atoms with Crippen LogP contribution < -0.4 is 5.32 Å². The number of rotatable bonds is 18. The summed E-state index contributed by atoms with van der Waals surface area (Å²) >= 11 is 1.56. The Balaban J connectivity index is 0.000000777. The van der Waals surface area contributed by atoms with E-state index in [2.05, 4.69) is 36.7 Å². The fraction of sp³-hybridized carbons (Fsp3) is 0.568. The second kappa shape index (κ2) is 21.2. The highest BCUT2D eigenvalue weighted by atomic mass is 32.2. The van der Waals surface area contributed by atoms with E-state index in [1.54, 1.807) is 26.0 Å². The number of aryl methyl sites for hydroxylation is 1. The number of carbonyl (C=O) groups is 2. The maximum atomic E-state index is 13.4. The van der Waals surface area contributed by atoms with Crippen LogP contribution in [0.15, 0.2) is 55.1 Å². The minimum atomic E-state index is -1.01. The highest BCUT2D eigenvalue weighted by molar-refractivity contribution is 7.98. The highest BCUT2D eigenvalue weighted by Crippen LogP contribution is 2.32. The molecule has 0 spiro atoms. The molecule has 1 saturated heterocycles. The Labute approximate surface area is 276 Å². The van der Waals surface area contributed by atoms with Crippen LogP contribution in [-0.2, 0) is 20.8 Å². The van der Waals surface area contributed by atoms with Crippen molar-refractivity contribution in [3.63, 3.8) is 0 Å². The van der Waals surface area contributed by atoms with Gasteiger partial charge in [0, 0.05) is 45.0 Å². The quantitative estimate of drug-likeness (QED) is 0.162. The number of aliphatic carboxylic acids is 1. The summed E-state index contributed by atoms with van der Waals surface area (Å²) in [4.78, 5) is 27.7. The van der Waals surface area contributed by atoms with E-state index in [4.69, 9.17) is 9.47 Å². The molecule has 1 heterocycles. The van der Waals surface area contributed by atoms with Crippen molar-refractivity contribution in [1.82, 2.24) is 10.2 Å². The number of nitrogens with zero attached hydrogens (tertiary/aromatic N) is 1. The molecule has 0 bridgehead atoms. The van der Waals surface area contributed by atoms with E-state index in [1.807, 2.05) is 55.7 Å². The number of amides is 1. The lowest BCUT2D eigenvalue weighted by Gasteiger charge is -2.30. The Morgan fingerprint density at radius 2 is 1.80 bits per heavy atom. The molecule has 3 atom stereocenters. The maximum absolute atomic E-state index is 13.4. The first-order chi connectivity index (χ1) is 21.7. The van der Waals surface area contributed by atoms with Crippen molar-refractivity contribution in [2.75, 3.05) is 39.4 Å². The Hall–Kier alpha value is -2.65. The summed E-state index contributed by atoms with van der Waals surface area (Å²) < 4.78 is 10.5. The molecule has 1 aliphatic heterocycles. The summed E-state index contributed by atoms with van der Waals surface area (Å²) in [5.41, 5.74) is 4.48. The number of carboxylic acid groups (broad SMARTS) is 1. The van der Waals surface area contributed by atoms with Gasteiger partial charge in [0.15, 0.2) is 0 Å². The van der Waals surface area contributed by atoms with Gasteiger partial charge in [-0.3, -0.25) is 9.69 Å². The van der Waals surface area contributed by atoms with Gasteiger partial charge in [-0.15, -0.1) is 6.58 Å². The highest BCUT2D eigenvalue weighted by Gasteiger charge is 2.33. The summed E-state index contributed by atoms with van der Waals surface area (Å²) in [6, 6.07) is 13.8. The second-order valence-corrected chi connectivity index (χ2v) is 12.8. The van der Waals surface area contributed by atoms with Crippen molar-refractivity contribution in [1.29, 1.82) is 0 Å². The van der Waals surface area contributed by atoms with Gasteiger partial charge < -0.3 is 19.9 Å². The van der Waals surface area contributed by atoms with Gasteiger partial charge in [0.1, 0.15) is 6.04 Å². The Morgan fingerprint density at radius 1 is 1.09 bits per heavy atom. The van der Waals surface area contributed by atoms with E-state index >= 15 is 0 Å². The normalized spacial score (nSPS) is 17.0. The third-order valence-electron chi connectivity index (χ3n) is 8.73. The molecular weight excluding hydrogens is 584 g/mol. The van der Waals surface area contributed by atoms with Crippen LogP contribution in [0.3, 0.4) is 0 Å². The molecule has 0 radical (unpaired) electrons. The molecule has 1 aliphatic rings. The number of carbonyl (C=O) groups excluding carboxylic acids is 1. The van der Waals surface area contributed by atoms with Gasteiger partial charge in [0.05, 0.1) is 6.61 Å². The Morgan fingerprint density at radius 3 is 2.38 bits per heavy atom. The number of hydrogen-bond acceptors (Lipinski definition) is 6. The van der Waals surface area contributed by atoms with Crippen LogP contribution in [0.4, 0.5) is 0 Å². The first-order valence-electron chi connectivity index (χ1n) is 16.3. The van der Waals surface area contributed by atoms with Gasteiger partial charge in [-0.2, -0.15) is 11.8 Å². The smallest absolute Gasteiger partial charge is 0.326 e. The van der Waals surface area contributed by atoms with Crippen molar-refractivity contribution in [2.45, 2.75) is 90.4 Å². The van der Waals surface area contributed by atoms with Crippen LogP contribution in [-0.4, -0.2) is 79.5 Å². The average molecular weight is 641 g/mol. The van der Waals surface area contributed by atoms with Crippen molar-refractivity contribution in [2.24, 2.45) is 5.92 Å². The summed E-state index contributed by atoms with van der Waals surface area (Å²) in [5.74, 6) is 0.0626. The number of carboxylic acids is 1. The third kappa shape index (κ3) is 12.2. The molecule has 2 aromatic rings. The number of hydrogen-bond donors (Lipinski definition) is 2. The van der Waals surface area contributed by atoms with Crippen molar-refractivity contribution >= 4 is 23.6 Å². The van der Waals surface area contributed by atoms with Crippen LogP contribution in [0.5, 0.6) is 0 Å². The predicted molar refractivity (Wildman–Crippen MR) is 188 cm³/mol. The summed E-state index contributed by atoms with van der Waals surface area (Å²) in [6.07, 6.45) is 11.1. The first kappa shape index (κ1) is 38.5. The topological polar surface area (TPSA) is 88.1 Å². The van der Waals surface area contributed by atoms with Crippen molar-refractivity contribution in [3.05, 3.63) is 71.8 Å². The van der Waals surface area contributed by atoms with Gasteiger partial charge >= 0.3 is 5.97 Å². The number of benzene rings is 2. The van der Waals surface area contributed by atoms with Crippen LogP contribution >= 0.6 is 11.8 Å². The van der Waals surface area contributed by atoms with Crippen molar-refractivity contribution in [3.8, 4) is 11.1 Å². The molecule has 2 aromatic carbocycles. The second-order valence-electron chi connectivity index (χ2n) is 11.9. The summed E-state index contributed by atoms with van der Waals surface area (Å²) in [7, 11) is 3.51. The summed E-state index contributed by atoms with van der Waals surface area (Å²) in [6.45, 7) is 12.7. The fourth-order valence-electron chi connectivity index (χ4n) is 5.95. The molecule has 7 nitrogen and oxygen atoms in total. The molecular formula is C37H56N2O5S. The van der Waals surface area contributed by atoms with Gasteiger partial charge in [0.2, 0.25) is 0 Å². The van der Waals surface area contributed by atoms with Crippen LogP contribution in [0.2, 0.25) is 0 Å². The molecule has 45 heavy (non-hydrogen) atoms. The SMILES string of the molecule is C=CCC[C@@H]1CC[C@H](COC)N1Cc1ccc(C(=O)NC(CCSC)C(=O)O)c(-c2ccccc2C)c1.CCC(CC)COC. The lowest BCUT2D eigenvalue weighted by atomic mass is 9.93. The van der Waals surface area contributed by atoms with Gasteiger partial charge in [-0.25, -0.2) is 4.79 Å². The van der Waals surface area contributed by atoms with Crippen LogP contribution in [0.25, 0.3) is 11.1 Å². The number of ether oxygens (including phenoxy) is 2. The number of methoxy groups -OCH3 is 2. The Kier molecular flexibility index (Phi) is 18.2. The Bertz CT molecular complexity index is 1190. The van der Waals surface area contributed by atoms with E-state index in [-0.39, 0.29) is 5.91 Å². The van der Waals surface area contributed by atoms with Gasteiger partial charge in [-0.1, -0.05) is 63.1 Å². The largest absolute Gasteiger partial charge is 0.480 e. The zero-order valence-corrected chi connectivity index (χ0v) is 29.2. The fourth-order valence-corrected chi connectivity index (χ4v) is 6.42. The predicted octanol–water partition coefficient (Wildman–Crippen LogP) is 7.61. The van der Waals surface area contributed by atoms with E-state index in [9.17, 15) is 14.7 Å². The third-order valence-corrected chi connectivity index (χ3v) is 9.38. The molecule has 3 rings (SSSR count). The van der Waals surface area contributed by atoms with Crippen molar-refractivity contribution < 1.29 is 24.2 Å². The zero-order chi connectivity index (χ0) is 33.2. The molecule has 1 amide bonds. The lowest BCUT2D eigenvalue weighted by molar-refractivity contribution is -0.139. The molecule has 1 unspecified atom stereocenters. The molecule has 8 heteroatoms. The minimum absolute atomic E-state index is 0.359. The number of nitrogens with one attached hydrogen (secondary N) is 1. The standard InChI is InChI=1S/C30H40N2O4S.C7H16O/c1-5-6-10-23-13-14-24(20-36-3)32(23)19-22-12-15-26(27(18-22)25-11-8-7-9-21(25)2)29(33)31-28(30(34)35)16-17-37-4;1-4-7(5-2)6-8-3/h5,7-9,11-12,15,18,23-24,28H,1,6,10,13-14,16-17,19-20H2,2-4H3,(H,31,33)(H,34,35);7H,4-6H2,1-3H3/t23-,24-,28?;/m1./s1. The monoisotopic (exact) mass is 640 g/mol. The number of likely N-dealkylation sites (tertiary alicyclic amines) is 1. The molecule has 0 aromatic heterocycles. The number of thioether (sulfide) groups is 1. The molecule has 2 N–H and O–H groups in total. The van der Waals surface area contributed by atoms with Gasteiger partial charge in [0.25, 0.3) is 5.91 Å². The molecule has 250 valence electrons.